The molecule has 122 valence electrons. The van der Waals surface area contributed by atoms with E-state index in [2.05, 4.69) is 10.6 Å². The highest BCUT2D eigenvalue weighted by atomic mass is 19.1. The van der Waals surface area contributed by atoms with Crippen LogP contribution in [0.5, 0.6) is 5.75 Å². The molecule has 5 nitrogen and oxygen atoms in total. The summed E-state index contributed by atoms with van der Waals surface area (Å²) in [6, 6.07) is 11.0. The van der Waals surface area contributed by atoms with Gasteiger partial charge in [0, 0.05) is 12.6 Å². The lowest BCUT2D eigenvalue weighted by atomic mass is 10.1. The van der Waals surface area contributed by atoms with Crippen LogP contribution < -0.4 is 15.4 Å². The molecule has 6 heteroatoms. The first kappa shape index (κ1) is 16.8. The zero-order valence-electron chi connectivity index (χ0n) is 12.8. The van der Waals surface area contributed by atoms with Crippen LogP contribution in [0.1, 0.15) is 11.1 Å². The summed E-state index contributed by atoms with van der Waals surface area (Å²) < 4.78 is 18.3. The third kappa shape index (κ3) is 4.96. The SMILES string of the molecule is COc1ccc(F)cc1NC(=O)NCCc1ccc(CO)cc1. The summed E-state index contributed by atoms with van der Waals surface area (Å²) in [4.78, 5) is 11.8. The highest BCUT2D eigenvalue weighted by Crippen LogP contribution is 2.24. The Morgan fingerprint density at radius 1 is 1.17 bits per heavy atom. The van der Waals surface area contributed by atoms with Gasteiger partial charge in [-0.25, -0.2) is 9.18 Å². The summed E-state index contributed by atoms with van der Waals surface area (Å²) in [6.45, 7) is 0.443. The Balaban J connectivity index is 1.84. The van der Waals surface area contributed by atoms with Gasteiger partial charge in [-0.3, -0.25) is 0 Å². The molecular weight excluding hydrogens is 299 g/mol. The van der Waals surface area contributed by atoms with Crippen molar-refractivity contribution >= 4 is 11.7 Å². The van der Waals surface area contributed by atoms with Crippen molar-refractivity contribution in [1.82, 2.24) is 5.32 Å². The zero-order chi connectivity index (χ0) is 16.7. The lowest BCUT2D eigenvalue weighted by molar-refractivity contribution is 0.252. The van der Waals surface area contributed by atoms with E-state index >= 15 is 0 Å². The van der Waals surface area contributed by atoms with E-state index in [1.54, 1.807) is 0 Å². The third-order valence-corrected chi connectivity index (χ3v) is 3.31. The van der Waals surface area contributed by atoms with Crippen molar-refractivity contribution in [2.24, 2.45) is 0 Å². The molecule has 0 atom stereocenters. The minimum atomic E-state index is -0.454. The molecule has 2 aromatic carbocycles. The summed E-state index contributed by atoms with van der Waals surface area (Å²) in [5.74, 6) is -0.0637. The number of methoxy groups -OCH3 is 1. The molecule has 0 aromatic heterocycles. The monoisotopic (exact) mass is 318 g/mol. The number of rotatable bonds is 6. The van der Waals surface area contributed by atoms with E-state index in [0.29, 0.717) is 18.7 Å². The summed E-state index contributed by atoms with van der Waals surface area (Å²) in [7, 11) is 1.45. The maximum atomic E-state index is 13.2. The van der Waals surface area contributed by atoms with Crippen molar-refractivity contribution in [3.63, 3.8) is 0 Å². The van der Waals surface area contributed by atoms with Crippen LogP contribution in [0.2, 0.25) is 0 Å². The number of carbonyl (C=O) groups excluding carboxylic acids is 1. The van der Waals surface area contributed by atoms with Crippen molar-refractivity contribution < 1.29 is 19.0 Å². The summed E-state index contributed by atoms with van der Waals surface area (Å²) >= 11 is 0. The van der Waals surface area contributed by atoms with Gasteiger partial charge in [-0.05, 0) is 29.7 Å². The number of aliphatic hydroxyl groups is 1. The number of hydrogen-bond donors (Lipinski definition) is 3. The van der Waals surface area contributed by atoms with Crippen molar-refractivity contribution in [1.29, 1.82) is 0 Å². The fourth-order valence-corrected chi connectivity index (χ4v) is 2.08. The molecule has 0 unspecified atom stereocenters. The van der Waals surface area contributed by atoms with E-state index in [4.69, 9.17) is 9.84 Å². The number of anilines is 1. The fraction of sp³-hybridized carbons (Fsp3) is 0.235. The number of urea groups is 1. The number of carbonyl (C=O) groups is 1. The van der Waals surface area contributed by atoms with Crippen LogP contribution in [0.3, 0.4) is 0 Å². The molecule has 2 rings (SSSR count). The van der Waals surface area contributed by atoms with Gasteiger partial charge in [0.2, 0.25) is 0 Å². The standard InChI is InChI=1S/C17H19FN2O3/c1-23-16-7-6-14(18)10-15(16)20-17(22)19-9-8-12-2-4-13(11-21)5-3-12/h2-7,10,21H,8-9,11H2,1H3,(H2,19,20,22). The van der Waals surface area contributed by atoms with Crippen LogP contribution in [-0.4, -0.2) is 24.8 Å². The first-order valence-electron chi connectivity index (χ1n) is 7.19. The lowest BCUT2D eigenvalue weighted by Gasteiger charge is -2.11. The molecule has 0 aliphatic rings. The van der Waals surface area contributed by atoms with E-state index in [0.717, 1.165) is 11.1 Å². The first-order chi connectivity index (χ1) is 11.1. The number of aliphatic hydroxyl groups excluding tert-OH is 1. The summed E-state index contributed by atoms with van der Waals surface area (Å²) in [6.07, 6.45) is 0.652. The van der Waals surface area contributed by atoms with Crippen LogP contribution >= 0.6 is 0 Å². The van der Waals surface area contributed by atoms with Gasteiger partial charge in [-0.15, -0.1) is 0 Å². The van der Waals surface area contributed by atoms with Gasteiger partial charge in [-0.2, -0.15) is 0 Å². The minimum Gasteiger partial charge on any atom is -0.495 e. The first-order valence-corrected chi connectivity index (χ1v) is 7.19. The van der Waals surface area contributed by atoms with E-state index in [1.165, 1.54) is 25.3 Å². The maximum Gasteiger partial charge on any atom is 0.319 e. The molecular formula is C17H19FN2O3. The molecule has 0 bridgehead atoms. The molecule has 0 fully saturated rings. The predicted molar refractivity (Wildman–Crippen MR) is 86.0 cm³/mol. The Kier molecular flexibility index (Phi) is 5.94. The predicted octanol–water partition coefficient (Wildman–Crippen LogP) is 2.69. The Labute approximate surface area is 134 Å². The van der Waals surface area contributed by atoms with Crippen LogP contribution in [0.25, 0.3) is 0 Å². The third-order valence-electron chi connectivity index (χ3n) is 3.31. The Hall–Kier alpha value is -2.60. The fourth-order valence-electron chi connectivity index (χ4n) is 2.08. The Morgan fingerprint density at radius 2 is 1.87 bits per heavy atom. The minimum absolute atomic E-state index is 0.0103. The molecule has 23 heavy (non-hydrogen) atoms. The number of ether oxygens (including phenoxy) is 1. The van der Waals surface area contributed by atoms with Crippen LogP contribution in [0.15, 0.2) is 42.5 Å². The molecule has 0 heterocycles. The quantitative estimate of drug-likeness (QED) is 0.767. The number of nitrogens with one attached hydrogen (secondary N) is 2. The van der Waals surface area contributed by atoms with Crippen molar-refractivity contribution in [2.75, 3.05) is 19.0 Å². The van der Waals surface area contributed by atoms with Gasteiger partial charge in [0.1, 0.15) is 11.6 Å². The second kappa shape index (κ2) is 8.14. The highest BCUT2D eigenvalue weighted by molar-refractivity contribution is 5.90. The van der Waals surface area contributed by atoms with Crippen LogP contribution in [-0.2, 0) is 13.0 Å². The highest BCUT2D eigenvalue weighted by Gasteiger charge is 2.08. The summed E-state index contributed by atoms with van der Waals surface area (Å²) in [5, 5.41) is 14.2. The van der Waals surface area contributed by atoms with E-state index in [1.807, 2.05) is 24.3 Å². The zero-order valence-corrected chi connectivity index (χ0v) is 12.8. The molecule has 0 radical (unpaired) electrons. The average Bonchev–Trinajstić information content (AvgIpc) is 2.56. The number of halogens is 1. The van der Waals surface area contributed by atoms with E-state index < -0.39 is 11.8 Å². The molecule has 3 N–H and O–H groups in total. The second-order valence-electron chi connectivity index (χ2n) is 4.95. The van der Waals surface area contributed by atoms with Gasteiger partial charge in [0.05, 0.1) is 19.4 Å². The number of benzene rings is 2. The summed E-state index contributed by atoms with van der Waals surface area (Å²) in [5.41, 5.74) is 2.17. The largest absolute Gasteiger partial charge is 0.495 e. The molecule has 0 aliphatic carbocycles. The van der Waals surface area contributed by atoms with Gasteiger partial charge in [0.25, 0.3) is 0 Å². The normalized spacial score (nSPS) is 10.2. The number of amides is 2. The molecule has 0 spiro atoms. The maximum absolute atomic E-state index is 13.2. The van der Waals surface area contributed by atoms with E-state index in [9.17, 15) is 9.18 Å². The molecule has 0 aliphatic heterocycles. The Bertz CT molecular complexity index is 659. The van der Waals surface area contributed by atoms with Gasteiger partial charge in [-0.1, -0.05) is 24.3 Å². The Morgan fingerprint density at radius 3 is 2.52 bits per heavy atom. The van der Waals surface area contributed by atoms with E-state index in [-0.39, 0.29) is 12.3 Å². The van der Waals surface area contributed by atoms with Crippen molar-refractivity contribution in [2.45, 2.75) is 13.0 Å². The second-order valence-corrected chi connectivity index (χ2v) is 4.95. The van der Waals surface area contributed by atoms with Crippen LogP contribution in [0, 0.1) is 5.82 Å². The van der Waals surface area contributed by atoms with Gasteiger partial charge in [0.15, 0.2) is 0 Å². The number of hydrogen-bond acceptors (Lipinski definition) is 3. The lowest BCUT2D eigenvalue weighted by Crippen LogP contribution is -2.30. The molecule has 0 saturated carbocycles. The topological polar surface area (TPSA) is 70.6 Å². The van der Waals surface area contributed by atoms with Gasteiger partial charge < -0.3 is 20.5 Å². The molecule has 2 amide bonds. The molecule has 2 aromatic rings. The average molecular weight is 318 g/mol. The van der Waals surface area contributed by atoms with Crippen molar-refractivity contribution in [3.05, 3.63) is 59.4 Å². The van der Waals surface area contributed by atoms with Gasteiger partial charge >= 0.3 is 6.03 Å². The van der Waals surface area contributed by atoms with Crippen molar-refractivity contribution in [3.8, 4) is 5.75 Å². The molecule has 0 saturated heterocycles. The van der Waals surface area contributed by atoms with Crippen LogP contribution in [0.4, 0.5) is 14.9 Å². The smallest absolute Gasteiger partial charge is 0.319 e.